The van der Waals surface area contributed by atoms with Gasteiger partial charge in [0.2, 0.25) is 5.95 Å². The van der Waals surface area contributed by atoms with Gasteiger partial charge in [0.25, 0.3) is 0 Å². The van der Waals surface area contributed by atoms with E-state index >= 15 is 0 Å². The fourth-order valence-corrected chi connectivity index (χ4v) is 4.05. The minimum atomic E-state index is -0.991. The van der Waals surface area contributed by atoms with Crippen molar-refractivity contribution in [3.05, 3.63) is 65.4 Å². The van der Waals surface area contributed by atoms with Gasteiger partial charge in [-0.3, -0.25) is 9.97 Å². The minimum absolute atomic E-state index is 0.170. The van der Waals surface area contributed by atoms with Crippen LogP contribution in [0, 0.1) is 6.92 Å². The summed E-state index contributed by atoms with van der Waals surface area (Å²) in [5.41, 5.74) is 9.43. The van der Waals surface area contributed by atoms with Gasteiger partial charge in [-0.25, -0.2) is 14.8 Å². The molecule has 0 aliphatic heterocycles. The van der Waals surface area contributed by atoms with E-state index in [1.54, 1.807) is 29.8 Å². The van der Waals surface area contributed by atoms with Crippen LogP contribution >= 0.6 is 11.3 Å². The van der Waals surface area contributed by atoms with Gasteiger partial charge in [-0.05, 0) is 41.6 Å². The zero-order valence-corrected chi connectivity index (χ0v) is 15.2. The molecule has 0 radical (unpaired) electrons. The number of nitrogens with two attached hydrogens (primary N) is 1. The van der Waals surface area contributed by atoms with Crippen LogP contribution in [0.4, 0.5) is 5.95 Å². The second-order valence-electron chi connectivity index (χ2n) is 6.09. The molecule has 0 saturated heterocycles. The number of nitrogens with zero attached hydrogens (tertiary/aromatic N) is 4. The highest BCUT2D eigenvalue weighted by Gasteiger charge is 2.13. The maximum absolute atomic E-state index is 11.1. The fraction of sp³-hybridized carbons (Fsp3) is 0.105. The van der Waals surface area contributed by atoms with Gasteiger partial charge in [-0.15, -0.1) is 11.3 Å². The number of hydrogen-bond donors (Lipinski definition) is 2. The molecule has 4 heterocycles. The zero-order valence-electron chi connectivity index (χ0n) is 14.4. The first-order chi connectivity index (χ1) is 13.0. The van der Waals surface area contributed by atoms with Gasteiger partial charge < -0.3 is 10.8 Å². The van der Waals surface area contributed by atoms with Crippen LogP contribution < -0.4 is 5.73 Å². The number of carboxylic acids is 1. The Bertz CT molecular complexity index is 1170. The Labute approximate surface area is 158 Å². The summed E-state index contributed by atoms with van der Waals surface area (Å²) in [6.45, 7) is 2.04. The van der Waals surface area contributed by atoms with Crippen molar-refractivity contribution >= 4 is 33.3 Å². The topological polar surface area (TPSA) is 115 Å². The summed E-state index contributed by atoms with van der Waals surface area (Å²) in [6, 6.07) is 5.49. The summed E-state index contributed by atoms with van der Waals surface area (Å²) >= 11 is 1.61. The molecule has 0 unspecified atom stereocenters. The van der Waals surface area contributed by atoms with Crippen molar-refractivity contribution < 1.29 is 9.90 Å². The minimum Gasteiger partial charge on any atom is -0.478 e. The molecule has 8 heteroatoms. The molecule has 3 N–H and O–H groups in total. The molecule has 134 valence electrons. The molecular formula is C19H15N5O2S. The van der Waals surface area contributed by atoms with Crippen LogP contribution in [-0.4, -0.2) is 31.0 Å². The quantitative estimate of drug-likeness (QED) is 0.560. The van der Waals surface area contributed by atoms with Gasteiger partial charge in [-0.2, -0.15) is 0 Å². The van der Waals surface area contributed by atoms with E-state index < -0.39 is 5.97 Å². The number of fused-ring (bicyclic) bond motifs is 1. The number of pyridine rings is 2. The van der Waals surface area contributed by atoms with Gasteiger partial charge in [-0.1, -0.05) is 0 Å². The Kier molecular flexibility index (Phi) is 4.25. The SMILES string of the molecule is Cc1c(-c2ccnc(N)n2)sc2cnc(Cc3cncc(C(=O)O)c3)cc12. The molecule has 0 aliphatic carbocycles. The highest BCUT2D eigenvalue weighted by Crippen LogP contribution is 2.37. The number of aryl methyl sites for hydroxylation is 1. The normalized spacial score (nSPS) is 11.0. The first-order valence-electron chi connectivity index (χ1n) is 8.15. The first kappa shape index (κ1) is 17.0. The van der Waals surface area contributed by atoms with Crippen molar-refractivity contribution in [3.8, 4) is 10.6 Å². The van der Waals surface area contributed by atoms with Crippen LogP contribution in [0.3, 0.4) is 0 Å². The average molecular weight is 377 g/mol. The molecule has 27 heavy (non-hydrogen) atoms. The number of thiophene rings is 1. The number of hydrogen-bond acceptors (Lipinski definition) is 7. The van der Waals surface area contributed by atoms with Crippen molar-refractivity contribution in [2.75, 3.05) is 5.73 Å². The zero-order chi connectivity index (χ0) is 19.0. The summed E-state index contributed by atoms with van der Waals surface area (Å²) in [5.74, 6) is -0.746. The van der Waals surface area contributed by atoms with E-state index in [1.165, 1.54) is 6.20 Å². The molecule has 0 fully saturated rings. The summed E-state index contributed by atoms with van der Waals surface area (Å²) in [7, 11) is 0. The molecular weight excluding hydrogens is 362 g/mol. The monoisotopic (exact) mass is 377 g/mol. The summed E-state index contributed by atoms with van der Waals surface area (Å²) < 4.78 is 1.06. The number of carboxylic acid groups (broad SMARTS) is 1. The number of aromatic nitrogens is 4. The summed E-state index contributed by atoms with van der Waals surface area (Å²) in [4.78, 5) is 28.9. The van der Waals surface area contributed by atoms with Gasteiger partial charge in [0.15, 0.2) is 0 Å². The molecule has 4 rings (SSSR count). The second-order valence-corrected chi connectivity index (χ2v) is 7.14. The van der Waals surface area contributed by atoms with Crippen molar-refractivity contribution in [1.82, 2.24) is 19.9 Å². The van der Waals surface area contributed by atoms with Gasteiger partial charge in [0.05, 0.1) is 20.8 Å². The molecule has 0 spiro atoms. The lowest BCUT2D eigenvalue weighted by Crippen LogP contribution is -2.00. The molecule has 0 amide bonds. The van der Waals surface area contributed by atoms with E-state index in [0.29, 0.717) is 6.42 Å². The predicted octanol–water partition coefficient (Wildman–Crippen LogP) is 3.33. The van der Waals surface area contributed by atoms with Crippen LogP contribution in [0.25, 0.3) is 20.7 Å². The van der Waals surface area contributed by atoms with E-state index in [-0.39, 0.29) is 11.5 Å². The molecule has 4 aromatic rings. The second kappa shape index (κ2) is 6.73. The van der Waals surface area contributed by atoms with Gasteiger partial charge in [0, 0.05) is 36.9 Å². The lowest BCUT2D eigenvalue weighted by Gasteiger charge is -2.03. The molecule has 7 nitrogen and oxygen atoms in total. The van der Waals surface area contributed by atoms with Crippen LogP contribution in [0.5, 0.6) is 0 Å². The predicted molar refractivity (Wildman–Crippen MR) is 104 cm³/mol. The third-order valence-electron chi connectivity index (χ3n) is 4.21. The van der Waals surface area contributed by atoms with Crippen molar-refractivity contribution in [2.24, 2.45) is 0 Å². The average Bonchev–Trinajstić information content (AvgIpc) is 2.98. The fourth-order valence-electron chi connectivity index (χ4n) is 2.92. The van der Waals surface area contributed by atoms with Crippen LogP contribution in [0.15, 0.2) is 43.0 Å². The maximum Gasteiger partial charge on any atom is 0.337 e. The molecule has 0 atom stereocenters. The highest BCUT2D eigenvalue weighted by molar-refractivity contribution is 7.22. The van der Waals surface area contributed by atoms with Crippen molar-refractivity contribution in [2.45, 2.75) is 13.3 Å². The number of aromatic carboxylic acids is 1. The van der Waals surface area contributed by atoms with E-state index in [1.807, 2.05) is 25.3 Å². The first-order valence-corrected chi connectivity index (χ1v) is 8.97. The van der Waals surface area contributed by atoms with Gasteiger partial charge in [0.1, 0.15) is 0 Å². The van der Waals surface area contributed by atoms with Crippen LogP contribution in [-0.2, 0) is 6.42 Å². The Morgan fingerprint density at radius 2 is 2.07 bits per heavy atom. The molecule has 0 bridgehead atoms. The Balaban J connectivity index is 1.71. The molecule has 0 aliphatic rings. The summed E-state index contributed by atoms with van der Waals surface area (Å²) in [5, 5.41) is 10.2. The Morgan fingerprint density at radius 1 is 1.22 bits per heavy atom. The van der Waals surface area contributed by atoms with Crippen LogP contribution in [0.2, 0.25) is 0 Å². The number of rotatable bonds is 4. The largest absolute Gasteiger partial charge is 0.478 e. The van der Waals surface area contributed by atoms with E-state index in [4.69, 9.17) is 10.8 Å². The third kappa shape index (κ3) is 3.34. The van der Waals surface area contributed by atoms with E-state index in [0.717, 1.165) is 37.5 Å². The van der Waals surface area contributed by atoms with E-state index in [9.17, 15) is 4.79 Å². The van der Waals surface area contributed by atoms with E-state index in [2.05, 4.69) is 19.9 Å². The Hall–Kier alpha value is -3.39. The molecule has 0 saturated carbocycles. The Morgan fingerprint density at radius 3 is 2.85 bits per heavy atom. The maximum atomic E-state index is 11.1. The standard InChI is InChI=1S/C19H15N5O2S/c1-10-14-6-13(5-11-4-12(18(25)26)8-21-7-11)23-9-16(14)27-17(10)15-2-3-22-19(20)24-15/h2-4,6-9H,5H2,1H3,(H,25,26)(H2,20,22,24). The smallest absolute Gasteiger partial charge is 0.337 e. The highest BCUT2D eigenvalue weighted by atomic mass is 32.1. The van der Waals surface area contributed by atoms with Gasteiger partial charge >= 0.3 is 5.97 Å². The van der Waals surface area contributed by atoms with Crippen molar-refractivity contribution in [1.29, 1.82) is 0 Å². The molecule has 0 aromatic carbocycles. The summed E-state index contributed by atoms with van der Waals surface area (Å²) in [6.07, 6.45) is 6.99. The van der Waals surface area contributed by atoms with Crippen molar-refractivity contribution in [3.63, 3.8) is 0 Å². The number of anilines is 1. The molecule has 4 aromatic heterocycles. The lowest BCUT2D eigenvalue weighted by atomic mass is 10.1. The third-order valence-corrected chi connectivity index (χ3v) is 5.48. The number of carbonyl (C=O) groups is 1. The number of nitrogen functional groups attached to an aromatic ring is 1. The van der Waals surface area contributed by atoms with Crippen LogP contribution in [0.1, 0.15) is 27.2 Å². The lowest BCUT2D eigenvalue weighted by molar-refractivity contribution is 0.0696.